The maximum Gasteiger partial charge on any atom is 0.303 e. The number of Topliss-reactive ketones (excluding diaryl/α,β-unsaturated/α-hetero) is 1. The van der Waals surface area contributed by atoms with Crippen LogP contribution in [0.4, 0.5) is 0 Å². The summed E-state index contributed by atoms with van der Waals surface area (Å²) in [6, 6.07) is -2.44. The number of ether oxygens (including phenoxy) is 4. The zero-order valence-corrected chi connectivity index (χ0v) is 38.9. The van der Waals surface area contributed by atoms with Crippen LogP contribution in [-0.4, -0.2) is 196 Å². The maximum atomic E-state index is 12.7. The highest BCUT2D eigenvalue weighted by Gasteiger charge is 2.51. The Bertz CT molecular complexity index is 1590. The van der Waals surface area contributed by atoms with Crippen molar-refractivity contribution in [3.05, 3.63) is 0 Å². The molecule has 6 amide bonds. The number of nitrogens with one attached hydrogen (secondary N) is 6. The van der Waals surface area contributed by atoms with Gasteiger partial charge in [0.05, 0.1) is 32.8 Å². The number of ketones is 1. The summed E-state index contributed by atoms with van der Waals surface area (Å²) in [5.74, 6) is -4.97. The van der Waals surface area contributed by atoms with E-state index in [1.807, 2.05) is 0 Å². The van der Waals surface area contributed by atoms with Crippen LogP contribution in [-0.2, 0) is 57.3 Å². The molecule has 0 aromatic heterocycles. The average Bonchev–Trinajstić information content (AvgIpc) is 3.29. The number of hydrogen-bond donors (Lipinski definition) is 13. The first-order valence-corrected chi connectivity index (χ1v) is 23.3. The number of aliphatic hydroxyl groups is 6. The molecular weight excluding hydrogens is 904 g/mol. The molecule has 11 atom stereocenters. The topological polar surface area (TPSA) is 387 Å². The summed E-state index contributed by atoms with van der Waals surface area (Å²) in [5, 5.41) is 85.0. The molecule has 0 aliphatic carbocycles. The summed E-state index contributed by atoms with van der Waals surface area (Å²) >= 11 is 0. The molecule has 68 heavy (non-hydrogen) atoms. The third-order valence-corrected chi connectivity index (χ3v) is 11.1. The Morgan fingerprint density at radius 1 is 0.574 bits per heavy atom. The monoisotopic (exact) mass is 979 g/mol. The molecule has 25 heteroatoms. The number of carbonyl (C=O) groups is 8. The molecular formula is C43H74N6O19. The molecule has 0 radical (unpaired) electrons. The highest BCUT2D eigenvalue weighted by molar-refractivity contribution is 5.93. The van der Waals surface area contributed by atoms with Gasteiger partial charge in [0.2, 0.25) is 35.4 Å². The van der Waals surface area contributed by atoms with Crippen LogP contribution in [0.3, 0.4) is 0 Å². The Morgan fingerprint density at radius 3 is 1.74 bits per heavy atom. The van der Waals surface area contributed by atoms with Gasteiger partial charge < -0.3 is 91.4 Å². The standard InChI is InChI=1S/C43H74N6O19/c1-25(52)14-13-15-30(54)45-22-33(57)49-27(16-17-34(58)59)41(64)47-21-32(56)46-20-31(55)44-18-11-9-7-5-3-4-6-8-10-12-19-65-42-35(48-26(2)53)37(61)40(29(24-51)67-42)68-43-39(63)38(62)36(60)28(23-50)66-43/h27-29,35-40,42-43,50-51,60-63H,3-24H2,1-2H3,(H,44,55)(H,45,54)(H,46,56)(H,47,64)(H,48,53)(H,49,57)(H,58,59)/t27-,28+,29+,35+,36-,37+,38-,39+,40+,42+,43-/m0/s1. The van der Waals surface area contributed by atoms with Crippen molar-refractivity contribution in [1.82, 2.24) is 31.9 Å². The lowest BCUT2D eigenvalue weighted by Gasteiger charge is -2.47. The Hall–Kier alpha value is -4.44. The molecule has 13 N–H and O–H groups in total. The van der Waals surface area contributed by atoms with E-state index in [1.54, 1.807) is 0 Å². The maximum absolute atomic E-state index is 12.7. The van der Waals surface area contributed by atoms with Crippen molar-refractivity contribution >= 4 is 47.2 Å². The third kappa shape index (κ3) is 23.2. The smallest absolute Gasteiger partial charge is 0.303 e. The van der Waals surface area contributed by atoms with Gasteiger partial charge in [0, 0.05) is 39.3 Å². The minimum atomic E-state index is -1.77. The van der Waals surface area contributed by atoms with E-state index >= 15 is 0 Å². The molecule has 0 spiro atoms. The first kappa shape index (κ1) is 59.7. The molecule has 2 saturated heterocycles. The van der Waals surface area contributed by atoms with Crippen LogP contribution in [0.5, 0.6) is 0 Å². The van der Waals surface area contributed by atoms with E-state index < -0.39 is 142 Å². The minimum Gasteiger partial charge on any atom is -0.481 e. The fourth-order valence-corrected chi connectivity index (χ4v) is 7.31. The number of unbranched alkanes of at least 4 members (excludes halogenated alkanes) is 9. The number of carboxylic acids is 1. The molecule has 0 bridgehead atoms. The summed E-state index contributed by atoms with van der Waals surface area (Å²) in [4.78, 5) is 95.4. The van der Waals surface area contributed by atoms with E-state index in [2.05, 4.69) is 31.9 Å². The van der Waals surface area contributed by atoms with Crippen molar-refractivity contribution in [3.8, 4) is 0 Å². The van der Waals surface area contributed by atoms with Crippen molar-refractivity contribution in [2.45, 2.75) is 178 Å². The Morgan fingerprint density at radius 2 is 1.13 bits per heavy atom. The van der Waals surface area contributed by atoms with E-state index in [4.69, 9.17) is 24.1 Å². The van der Waals surface area contributed by atoms with E-state index in [0.29, 0.717) is 19.4 Å². The average molecular weight is 979 g/mol. The van der Waals surface area contributed by atoms with Crippen molar-refractivity contribution < 1.29 is 93.0 Å². The quantitative estimate of drug-likeness (QED) is 0.0275. The fraction of sp³-hybridized carbons (Fsp3) is 0.814. The zero-order chi connectivity index (χ0) is 50.6. The van der Waals surface area contributed by atoms with Gasteiger partial charge in [0.1, 0.15) is 60.6 Å². The molecule has 2 aliphatic rings. The van der Waals surface area contributed by atoms with Gasteiger partial charge in [-0.3, -0.25) is 33.6 Å². The van der Waals surface area contributed by atoms with Crippen LogP contribution in [0, 0.1) is 0 Å². The van der Waals surface area contributed by atoms with Crippen LogP contribution < -0.4 is 31.9 Å². The van der Waals surface area contributed by atoms with Crippen LogP contribution in [0.15, 0.2) is 0 Å². The fourth-order valence-electron chi connectivity index (χ4n) is 7.31. The second-order valence-electron chi connectivity index (χ2n) is 16.9. The van der Waals surface area contributed by atoms with Crippen molar-refractivity contribution in [2.24, 2.45) is 0 Å². The molecule has 0 unspecified atom stereocenters. The molecule has 2 fully saturated rings. The Balaban J connectivity index is 1.56. The first-order valence-electron chi connectivity index (χ1n) is 23.3. The summed E-state index contributed by atoms with van der Waals surface area (Å²) in [6.07, 6.45) is -4.37. The van der Waals surface area contributed by atoms with E-state index in [1.165, 1.54) is 13.8 Å². The predicted octanol–water partition coefficient (Wildman–Crippen LogP) is -3.75. The predicted molar refractivity (Wildman–Crippen MR) is 235 cm³/mol. The van der Waals surface area contributed by atoms with Gasteiger partial charge in [0.15, 0.2) is 12.6 Å². The molecule has 0 aromatic carbocycles. The summed E-state index contributed by atoms with van der Waals surface area (Å²) in [6.45, 7) is 0.554. The molecule has 2 heterocycles. The largest absolute Gasteiger partial charge is 0.481 e. The van der Waals surface area contributed by atoms with E-state index in [0.717, 1.165) is 57.8 Å². The Labute approximate surface area is 395 Å². The second-order valence-corrected chi connectivity index (χ2v) is 16.9. The van der Waals surface area contributed by atoms with Gasteiger partial charge in [-0.1, -0.05) is 51.4 Å². The normalized spacial score (nSPS) is 25.1. The van der Waals surface area contributed by atoms with E-state index in [9.17, 15) is 69.0 Å². The van der Waals surface area contributed by atoms with Crippen molar-refractivity contribution in [1.29, 1.82) is 0 Å². The van der Waals surface area contributed by atoms with Gasteiger partial charge in [-0.2, -0.15) is 0 Å². The van der Waals surface area contributed by atoms with Gasteiger partial charge in [-0.15, -0.1) is 0 Å². The van der Waals surface area contributed by atoms with Gasteiger partial charge in [-0.25, -0.2) is 0 Å². The first-order chi connectivity index (χ1) is 32.4. The summed E-state index contributed by atoms with van der Waals surface area (Å²) in [7, 11) is 0. The molecule has 0 saturated carbocycles. The van der Waals surface area contributed by atoms with E-state index in [-0.39, 0.29) is 38.2 Å². The molecule has 2 rings (SSSR count). The SMILES string of the molecule is CC(=O)CCCC(=O)NCC(=O)N[C@@H](CCC(=O)O)C(=O)NCC(=O)NCC(=O)NCCCCCCCCCCCCO[C@@H]1O[C@H](CO)[C@@H](O[C@@H]2O[C@H](CO)[C@H](O)[C@H](O)[C@H]2O)[C@H](O)[C@H]1NC(C)=O. The van der Waals surface area contributed by atoms with Crippen LogP contribution in [0.2, 0.25) is 0 Å². The van der Waals surface area contributed by atoms with Crippen molar-refractivity contribution in [3.63, 3.8) is 0 Å². The molecule has 390 valence electrons. The highest BCUT2D eigenvalue weighted by atomic mass is 16.7. The minimum absolute atomic E-state index is 0.0235. The van der Waals surface area contributed by atoms with Crippen LogP contribution in [0.1, 0.15) is 110 Å². The Kier molecular flexibility index (Phi) is 29.1. The number of aliphatic hydroxyl groups excluding tert-OH is 6. The van der Waals surface area contributed by atoms with Gasteiger partial charge in [-0.05, 0) is 32.6 Å². The van der Waals surface area contributed by atoms with Gasteiger partial charge in [0.25, 0.3) is 0 Å². The van der Waals surface area contributed by atoms with Crippen LogP contribution in [0.25, 0.3) is 0 Å². The lowest BCUT2D eigenvalue weighted by molar-refractivity contribution is -0.348. The number of amides is 6. The highest BCUT2D eigenvalue weighted by Crippen LogP contribution is 2.30. The number of rotatable bonds is 34. The number of hydrogen-bond acceptors (Lipinski definition) is 18. The number of carbonyl (C=O) groups excluding carboxylic acids is 7. The summed E-state index contributed by atoms with van der Waals surface area (Å²) < 4.78 is 22.8. The third-order valence-electron chi connectivity index (χ3n) is 11.1. The molecule has 0 aromatic rings. The van der Waals surface area contributed by atoms with Crippen LogP contribution >= 0.6 is 0 Å². The number of aliphatic carboxylic acids is 1. The molecule has 2 aliphatic heterocycles. The number of carboxylic acid groups (broad SMARTS) is 1. The molecule has 25 nitrogen and oxygen atoms in total. The van der Waals surface area contributed by atoms with Gasteiger partial charge >= 0.3 is 5.97 Å². The van der Waals surface area contributed by atoms with Crippen molar-refractivity contribution in [2.75, 3.05) is 46.0 Å². The lowest BCUT2D eigenvalue weighted by atomic mass is 9.95. The summed E-state index contributed by atoms with van der Waals surface area (Å²) in [5.41, 5.74) is 0. The lowest BCUT2D eigenvalue weighted by Crippen LogP contribution is -2.67. The second kappa shape index (κ2) is 33.2. The zero-order valence-electron chi connectivity index (χ0n) is 38.9.